The fourth-order valence-corrected chi connectivity index (χ4v) is 4.24. The number of hydrogen-bond donors (Lipinski definition) is 1. The van der Waals surface area contributed by atoms with Crippen LogP contribution in [0.1, 0.15) is 46.0 Å². The number of amides is 1. The molecule has 1 amide bonds. The van der Waals surface area contributed by atoms with Crippen LogP contribution in [0, 0.1) is 17.8 Å². The van der Waals surface area contributed by atoms with Crippen molar-refractivity contribution in [2.24, 2.45) is 17.8 Å². The molecule has 5 atom stereocenters. The summed E-state index contributed by atoms with van der Waals surface area (Å²) < 4.78 is 0. The average Bonchev–Trinajstić information content (AvgIpc) is 2.98. The summed E-state index contributed by atoms with van der Waals surface area (Å²) in [5.74, 6) is 3.02. The second kappa shape index (κ2) is 4.27. The molecule has 1 heterocycles. The Morgan fingerprint density at radius 3 is 2.71 bits per heavy atom. The maximum absolute atomic E-state index is 12.2. The largest absolute Gasteiger partial charge is 0.326 e. The number of carbonyl (C=O) groups excluding carboxylic acids is 1. The SMILES string of the molecule is CCC1NC(C)N(CC2CC3CCC2C3)C1=O. The van der Waals surface area contributed by atoms with E-state index in [1.54, 1.807) is 0 Å². The predicted molar refractivity (Wildman–Crippen MR) is 67.3 cm³/mol. The Kier molecular flexibility index (Phi) is 2.89. The van der Waals surface area contributed by atoms with Crippen LogP contribution in [-0.2, 0) is 4.79 Å². The highest BCUT2D eigenvalue weighted by Crippen LogP contribution is 2.48. The van der Waals surface area contributed by atoms with Crippen molar-refractivity contribution in [3.05, 3.63) is 0 Å². The van der Waals surface area contributed by atoms with Crippen molar-refractivity contribution in [3.8, 4) is 0 Å². The van der Waals surface area contributed by atoms with Crippen LogP contribution in [-0.4, -0.2) is 29.6 Å². The maximum Gasteiger partial charge on any atom is 0.241 e. The molecule has 3 heteroatoms. The van der Waals surface area contributed by atoms with Crippen LogP contribution in [0.3, 0.4) is 0 Å². The van der Waals surface area contributed by atoms with Crippen molar-refractivity contribution in [2.75, 3.05) is 6.54 Å². The zero-order valence-corrected chi connectivity index (χ0v) is 11.0. The minimum atomic E-state index is 0.0728. The number of rotatable bonds is 3. The molecule has 0 aromatic carbocycles. The zero-order chi connectivity index (χ0) is 12.0. The van der Waals surface area contributed by atoms with Gasteiger partial charge in [0.2, 0.25) is 5.91 Å². The van der Waals surface area contributed by atoms with Crippen LogP contribution in [0.15, 0.2) is 0 Å². The molecule has 3 rings (SSSR count). The molecule has 1 aliphatic heterocycles. The van der Waals surface area contributed by atoms with Gasteiger partial charge in [-0.25, -0.2) is 0 Å². The third kappa shape index (κ3) is 1.88. The third-order valence-electron chi connectivity index (χ3n) is 5.22. The summed E-state index contributed by atoms with van der Waals surface area (Å²) in [4.78, 5) is 14.3. The van der Waals surface area contributed by atoms with E-state index in [0.29, 0.717) is 5.91 Å². The first-order valence-corrected chi connectivity index (χ1v) is 7.25. The van der Waals surface area contributed by atoms with Crippen LogP contribution in [0.2, 0.25) is 0 Å². The molecule has 2 aliphatic carbocycles. The molecule has 0 aromatic rings. The fourth-order valence-electron chi connectivity index (χ4n) is 4.24. The van der Waals surface area contributed by atoms with Gasteiger partial charge in [0, 0.05) is 6.54 Å². The van der Waals surface area contributed by atoms with Gasteiger partial charge in [-0.2, -0.15) is 0 Å². The molecular weight excluding hydrogens is 212 g/mol. The van der Waals surface area contributed by atoms with E-state index in [0.717, 1.165) is 30.7 Å². The summed E-state index contributed by atoms with van der Waals surface area (Å²) in [5.41, 5.74) is 0. The maximum atomic E-state index is 12.2. The number of nitrogens with one attached hydrogen (secondary N) is 1. The normalized spacial score (nSPS) is 44.9. The second-order valence-corrected chi connectivity index (χ2v) is 6.23. The van der Waals surface area contributed by atoms with E-state index >= 15 is 0 Å². The molecule has 5 unspecified atom stereocenters. The lowest BCUT2D eigenvalue weighted by atomic mass is 9.88. The summed E-state index contributed by atoms with van der Waals surface area (Å²) in [5, 5.41) is 3.40. The molecular formula is C14H24N2O. The fraction of sp³-hybridized carbons (Fsp3) is 0.929. The third-order valence-corrected chi connectivity index (χ3v) is 5.22. The Balaban J connectivity index is 1.63. The van der Waals surface area contributed by atoms with Crippen molar-refractivity contribution >= 4 is 5.91 Å². The molecule has 3 nitrogen and oxygen atoms in total. The molecule has 0 spiro atoms. The van der Waals surface area contributed by atoms with Gasteiger partial charge >= 0.3 is 0 Å². The molecule has 2 saturated carbocycles. The van der Waals surface area contributed by atoms with E-state index in [2.05, 4.69) is 24.1 Å². The summed E-state index contributed by atoms with van der Waals surface area (Å²) >= 11 is 0. The number of carbonyl (C=O) groups is 1. The first-order valence-electron chi connectivity index (χ1n) is 7.25. The Hall–Kier alpha value is -0.570. The van der Waals surface area contributed by atoms with E-state index in [4.69, 9.17) is 0 Å². The molecule has 96 valence electrons. The molecule has 1 N–H and O–H groups in total. The zero-order valence-electron chi connectivity index (χ0n) is 11.0. The van der Waals surface area contributed by atoms with Crippen LogP contribution in [0.25, 0.3) is 0 Å². The number of nitrogens with zero attached hydrogens (tertiary/aromatic N) is 1. The van der Waals surface area contributed by atoms with E-state index in [1.807, 2.05) is 0 Å². The summed E-state index contributed by atoms with van der Waals surface area (Å²) in [7, 11) is 0. The highest BCUT2D eigenvalue weighted by Gasteiger charge is 2.43. The van der Waals surface area contributed by atoms with E-state index in [-0.39, 0.29) is 12.2 Å². The van der Waals surface area contributed by atoms with Crippen LogP contribution < -0.4 is 5.32 Å². The first-order chi connectivity index (χ1) is 8.19. The second-order valence-electron chi connectivity index (χ2n) is 6.23. The molecule has 3 aliphatic rings. The Morgan fingerprint density at radius 1 is 1.35 bits per heavy atom. The van der Waals surface area contributed by atoms with Crippen molar-refractivity contribution in [3.63, 3.8) is 0 Å². The summed E-state index contributed by atoms with van der Waals surface area (Å²) in [6.45, 7) is 5.22. The minimum Gasteiger partial charge on any atom is -0.326 e. The lowest BCUT2D eigenvalue weighted by molar-refractivity contribution is -0.130. The highest BCUT2D eigenvalue weighted by molar-refractivity contribution is 5.84. The molecule has 1 saturated heterocycles. The smallest absolute Gasteiger partial charge is 0.241 e. The van der Waals surface area contributed by atoms with E-state index < -0.39 is 0 Å². The Morgan fingerprint density at radius 2 is 2.18 bits per heavy atom. The van der Waals surface area contributed by atoms with Gasteiger partial charge < -0.3 is 4.90 Å². The first kappa shape index (κ1) is 11.5. The highest BCUT2D eigenvalue weighted by atomic mass is 16.2. The van der Waals surface area contributed by atoms with Crippen LogP contribution in [0.5, 0.6) is 0 Å². The number of hydrogen-bond acceptors (Lipinski definition) is 2. The van der Waals surface area contributed by atoms with E-state index in [9.17, 15) is 4.79 Å². The van der Waals surface area contributed by atoms with Crippen molar-refractivity contribution in [1.29, 1.82) is 0 Å². The van der Waals surface area contributed by atoms with Gasteiger partial charge in [0.1, 0.15) is 0 Å². The van der Waals surface area contributed by atoms with Gasteiger partial charge in [-0.15, -0.1) is 0 Å². The van der Waals surface area contributed by atoms with Crippen molar-refractivity contribution in [1.82, 2.24) is 10.2 Å². The van der Waals surface area contributed by atoms with Gasteiger partial charge in [-0.05, 0) is 50.4 Å². The van der Waals surface area contributed by atoms with Crippen molar-refractivity contribution < 1.29 is 4.79 Å². The van der Waals surface area contributed by atoms with E-state index in [1.165, 1.54) is 25.7 Å². The lowest BCUT2D eigenvalue weighted by Gasteiger charge is -2.29. The topological polar surface area (TPSA) is 32.3 Å². The molecule has 0 aromatic heterocycles. The standard InChI is InChI=1S/C14H24N2O/c1-3-13-14(17)16(9(2)15-13)8-12-7-10-4-5-11(12)6-10/h9-13,15H,3-8H2,1-2H3. The monoisotopic (exact) mass is 236 g/mol. The van der Waals surface area contributed by atoms with Crippen molar-refractivity contribution in [2.45, 2.75) is 58.2 Å². The molecule has 2 bridgehead atoms. The summed E-state index contributed by atoms with van der Waals surface area (Å²) in [6.07, 6.45) is 6.82. The molecule has 3 fully saturated rings. The average molecular weight is 236 g/mol. The lowest BCUT2D eigenvalue weighted by Crippen LogP contribution is -2.39. The van der Waals surface area contributed by atoms with Crippen LogP contribution >= 0.6 is 0 Å². The van der Waals surface area contributed by atoms with Gasteiger partial charge in [0.25, 0.3) is 0 Å². The Labute approximate surface area is 104 Å². The van der Waals surface area contributed by atoms with Crippen LogP contribution in [0.4, 0.5) is 0 Å². The summed E-state index contributed by atoms with van der Waals surface area (Å²) in [6, 6.07) is 0.0728. The quantitative estimate of drug-likeness (QED) is 0.812. The minimum absolute atomic E-state index is 0.0728. The molecule has 0 radical (unpaired) electrons. The van der Waals surface area contributed by atoms with Gasteiger partial charge in [0.05, 0.1) is 12.2 Å². The van der Waals surface area contributed by atoms with Gasteiger partial charge in [-0.1, -0.05) is 13.3 Å². The van der Waals surface area contributed by atoms with Gasteiger partial charge in [0.15, 0.2) is 0 Å². The Bertz CT molecular complexity index is 317. The van der Waals surface area contributed by atoms with Gasteiger partial charge in [-0.3, -0.25) is 10.1 Å². The predicted octanol–water partition coefficient (Wildman–Crippen LogP) is 1.98. The molecule has 17 heavy (non-hydrogen) atoms. The number of fused-ring (bicyclic) bond motifs is 2.